The van der Waals surface area contributed by atoms with E-state index in [1.165, 1.54) is 36.6 Å². The minimum absolute atomic E-state index is 0.131. The highest BCUT2D eigenvalue weighted by molar-refractivity contribution is 7.44. The van der Waals surface area contributed by atoms with Crippen molar-refractivity contribution in [2.75, 3.05) is 10.8 Å². The summed E-state index contributed by atoms with van der Waals surface area (Å²) < 4.78 is 7.83. The van der Waals surface area contributed by atoms with Gasteiger partial charge in [0.25, 0.3) is 5.91 Å². The minimum atomic E-state index is -1.04. The first-order chi connectivity index (χ1) is 15.0. The van der Waals surface area contributed by atoms with E-state index in [9.17, 15) is 9.59 Å². The average Bonchev–Trinajstić information content (AvgIpc) is 2.80. The molecule has 0 bridgehead atoms. The number of hydrogen-bond donors (Lipinski definition) is 3. The molecule has 9 heteroatoms. The third-order valence-electron chi connectivity index (χ3n) is 3.91. The van der Waals surface area contributed by atoms with Crippen LogP contribution in [0.25, 0.3) is 6.08 Å². The predicted octanol–water partition coefficient (Wildman–Crippen LogP) is 4.97. The van der Waals surface area contributed by atoms with E-state index in [-0.39, 0.29) is 11.1 Å². The Bertz CT molecular complexity index is 1060. The SMILES string of the molecule is O=C(O)c1ccc(NC(=O)c2cc(Cl)ccc2NO/C=C/c2ccccc2)cc1.O=S. The van der Waals surface area contributed by atoms with E-state index in [0.717, 1.165) is 5.56 Å². The molecule has 158 valence electrons. The second-order valence-electron chi connectivity index (χ2n) is 5.96. The van der Waals surface area contributed by atoms with Crippen molar-refractivity contribution >= 4 is 53.5 Å². The van der Waals surface area contributed by atoms with Crippen molar-refractivity contribution in [2.45, 2.75) is 0 Å². The molecular formula is C22H17ClN2O5S. The summed E-state index contributed by atoms with van der Waals surface area (Å²) in [6, 6.07) is 20.2. The second-order valence-corrected chi connectivity index (χ2v) is 6.40. The Hall–Kier alpha value is -3.75. The molecule has 0 saturated heterocycles. The number of halogens is 1. The molecule has 0 fully saturated rings. The topological polar surface area (TPSA) is 105 Å². The molecule has 0 aromatic heterocycles. The van der Waals surface area contributed by atoms with Crippen LogP contribution in [0.4, 0.5) is 11.4 Å². The predicted molar refractivity (Wildman–Crippen MR) is 121 cm³/mol. The monoisotopic (exact) mass is 456 g/mol. The number of carboxylic acids is 1. The Morgan fingerprint density at radius 1 is 0.968 bits per heavy atom. The molecule has 7 nitrogen and oxygen atoms in total. The Labute approximate surface area is 188 Å². The number of hydrogen-bond acceptors (Lipinski definition) is 6. The zero-order chi connectivity index (χ0) is 22.6. The van der Waals surface area contributed by atoms with Gasteiger partial charge in [-0.15, -0.1) is 0 Å². The first-order valence-corrected chi connectivity index (χ1v) is 9.48. The van der Waals surface area contributed by atoms with Crippen molar-refractivity contribution < 1.29 is 23.7 Å². The van der Waals surface area contributed by atoms with Crippen LogP contribution >= 0.6 is 11.6 Å². The van der Waals surface area contributed by atoms with E-state index in [4.69, 9.17) is 25.8 Å². The summed E-state index contributed by atoms with van der Waals surface area (Å²) in [6.45, 7) is 0. The molecule has 0 atom stereocenters. The lowest BCUT2D eigenvalue weighted by Gasteiger charge is -2.12. The second kappa shape index (κ2) is 12.1. The molecular weight excluding hydrogens is 440 g/mol. The van der Waals surface area contributed by atoms with Gasteiger partial charge in [0, 0.05) is 10.7 Å². The van der Waals surface area contributed by atoms with Crippen molar-refractivity contribution in [3.8, 4) is 0 Å². The van der Waals surface area contributed by atoms with Crippen molar-refractivity contribution in [1.29, 1.82) is 0 Å². The van der Waals surface area contributed by atoms with Crippen LogP contribution in [0.15, 0.2) is 79.1 Å². The average molecular weight is 457 g/mol. The summed E-state index contributed by atoms with van der Waals surface area (Å²) in [6.07, 6.45) is 3.24. The van der Waals surface area contributed by atoms with E-state index in [1.54, 1.807) is 18.2 Å². The third kappa shape index (κ3) is 7.22. The minimum Gasteiger partial charge on any atom is -0.478 e. The van der Waals surface area contributed by atoms with Crippen LogP contribution in [0.1, 0.15) is 26.3 Å². The van der Waals surface area contributed by atoms with E-state index in [0.29, 0.717) is 16.4 Å². The zero-order valence-corrected chi connectivity index (χ0v) is 17.5. The lowest BCUT2D eigenvalue weighted by molar-refractivity contribution is 0.0696. The molecule has 0 aliphatic heterocycles. The summed E-state index contributed by atoms with van der Waals surface area (Å²) in [5, 5.41) is 12.0. The number of anilines is 2. The smallest absolute Gasteiger partial charge is 0.335 e. The molecule has 1 amide bonds. The Morgan fingerprint density at radius 3 is 2.29 bits per heavy atom. The molecule has 0 heterocycles. The third-order valence-corrected chi connectivity index (χ3v) is 4.15. The molecule has 0 saturated carbocycles. The summed E-state index contributed by atoms with van der Waals surface area (Å²) in [5.74, 6) is -1.46. The molecule has 3 N–H and O–H groups in total. The van der Waals surface area contributed by atoms with E-state index in [1.807, 2.05) is 30.3 Å². The molecule has 3 aromatic rings. The van der Waals surface area contributed by atoms with Gasteiger partial charge >= 0.3 is 5.97 Å². The van der Waals surface area contributed by atoms with Gasteiger partial charge in [-0.2, -0.15) is 4.21 Å². The van der Waals surface area contributed by atoms with Crippen molar-refractivity contribution in [3.63, 3.8) is 0 Å². The van der Waals surface area contributed by atoms with Gasteiger partial charge in [0.05, 0.1) is 16.8 Å². The van der Waals surface area contributed by atoms with Gasteiger partial charge in [-0.05, 0) is 54.1 Å². The number of carbonyl (C=O) groups excluding carboxylic acids is 1. The van der Waals surface area contributed by atoms with Crippen LogP contribution in [0.5, 0.6) is 0 Å². The quantitative estimate of drug-likeness (QED) is 0.340. The zero-order valence-electron chi connectivity index (χ0n) is 15.9. The number of carboxylic acid groups (broad SMARTS) is 1. The highest BCUT2D eigenvalue weighted by Crippen LogP contribution is 2.22. The standard InChI is InChI=1S/C22H17ClN2O4.OS/c23-17-8-11-20(25-29-13-12-15-4-2-1-3-5-15)19(14-17)21(26)24-18-9-6-16(7-10-18)22(27)28;1-2/h1-14,25H,(H,24,26)(H,27,28);/b13-12+;. The van der Waals surface area contributed by atoms with E-state index >= 15 is 0 Å². The number of benzene rings is 3. The molecule has 0 radical (unpaired) electrons. The lowest BCUT2D eigenvalue weighted by Crippen LogP contribution is -2.14. The van der Waals surface area contributed by atoms with Crippen LogP contribution in [0, 0.1) is 0 Å². The maximum absolute atomic E-state index is 12.7. The summed E-state index contributed by atoms with van der Waals surface area (Å²) in [5.41, 5.74) is 4.96. The van der Waals surface area contributed by atoms with Gasteiger partial charge in [-0.3, -0.25) is 4.79 Å². The Balaban J connectivity index is 0.00000166. The van der Waals surface area contributed by atoms with E-state index in [2.05, 4.69) is 23.3 Å². The van der Waals surface area contributed by atoms with Crippen LogP contribution in [-0.2, 0) is 17.4 Å². The number of aromatic carboxylic acids is 1. The van der Waals surface area contributed by atoms with Crippen molar-refractivity contribution in [2.24, 2.45) is 0 Å². The van der Waals surface area contributed by atoms with Gasteiger partial charge < -0.3 is 15.3 Å². The molecule has 0 unspecified atom stereocenters. The first kappa shape index (κ1) is 23.5. The van der Waals surface area contributed by atoms with Crippen molar-refractivity contribution in [3.05, 3.63) is 101 Å². The van der Waals surface area contributed by atoms with Crippen LogP contribution in [0.3, 0.4) is 0 Å². The van der Waals surface area contributed by atoms with Gasteiger partial charge in [-0.25, -0.2) is 10.3 Å². The van der Waals surface area contributed by atoms with Crippen molar-refractivity contribution in [1.82, 2.24) is 0 Å². The fourth-order valence-corrected chi connectivity index (χ4v) is 2.63. The Morgan fingerprint density at radius 2 is 1.65 bits per heavy atom. The van der Waals surface area contributed by atoms with Gasteiger partial charge in [-0.1, -0.05) is 41.9 Å². The maximum Gasteiger partial charge on any atom is 0.335 e. The van der Waals surface area contributed by atoms with Crippen LogP contribution in [-0.4, -0.2) is 21.2 Å². The summed E-state index contributed by atoms with van der Waals surface area (Å²) >= 11 is 8.87. The van der Waals surface area contributed by atoms with Crippen LogP contribution < -0.4 is 10.8 Å². The number of amides is 1. The first-order valence-electron chi connectivity index (χ1n) is 8.77. The van der Waals surface area contributed by atoms with Gasteiger partial charge in [0.2, 0.25) is 0 Å². The highest BCUT2D eigenvalue weighted by Gasteiger charge is 2.13. The molecule has 3 rings (SSSR count). The normalized spacial score (nSPS) is 9.97. The number of carbonyl (C=O) groups is 2. The van der Waals surface area contributed by atoms with Gasteiger partial charge in [0.1, 0.15) is 6.26 Å². The summed E-state index contributed by atoms with van der Waals surface area (Å²) in [4.78, 5) is 28.9. The number of nitrogens with one attached hydrogen (secondary N) is 2. The van der Waals surface area contributed by atoms with Gasteiger partial charge in [0.15, 0.2) is 12.5 Å². The molecule has 3 aromatic carbocycles. The fourth-order valence-electron chi connectivity index (χ4n) is 2.46. The number of rotatable bonds is 7. The fraction of sp³-hybridized carbons (Fsp3) is 0. The highest BCUT2D eigenvalue weighted by atomic mass is 35.5. The van der Waals surface area contributed by atoms with E-state index < -0.39 is 11.9 Å². The molecule has 31 heavy (non-hydrogen) atoms. The largest absolute Gasteiger partial charge is 0.478 e. The van der Waals surface area contributed by atoms with Crippen LogP contribution in [0.2, 0.25) is 5.02 Å². The maximum atomic E-state index is 12.7. The molecule has 0 aliphatic carbocycles. The summed E-state index contributed by atoms with van der Waals surface area (Å²) in [7, 11) is 0. The molecule has 0 spiro atoms. The Kier molecular flexibility index (Phi) is 9.15. The molecule has 0 aliphatic rings. The lowest BCUT2D eigenvalue weighted by atomic mass is 10.1.